The average molecular weight is 403 g/mol. The summed E-state index contributed by atoms with van der Waals surface area (Å²) < 4.78 is 13.2. The van der Waals surface area contributed by atoms with Gasteiger partial charge in [-0.1, -0.05) is 30.9 Å². The lowest BCUT2D eigenvalue weighted by Gasteiger charge is -2.26. The number of fused-ring (bicyclic) bond motifs is 1. The van der Waals surface area contributed by atoms with Crippen LogP contribution in [-0.4, -0.2) is 29.4 Å². The van der Waals surface area contributed by atoms with Gasteiger partial charge in [0.25, 0.3) is 0 Å². The van der Waals surface area contributed by atoms with E-state index in [1.165, 1.54) is 11.1 Å². The first kappa shape index (κ1) is 19.8. The van der Waals surface area contributed by atoms with Crippen LogP contribution in [0.15, 0.2) is 55.3 Å². The van der Waals surface area contributed by atoms with E-state index in [9.17, 15) is 4.79 Å². The van der Waals surface area contributed by atoms with Crippen LogP contribution in [-0.2, 0) is 4.79 Å². The van der Waals surface area contributed by atoms with Crippen molar-refractivity contribution >= 4 is 11.7 Å². The Labute approximate surface area is 176 Å². The molecule has 6 heteroatoms. The smallest absolute Gasteiger partial charge is 0.226 e. The number of anilines is 1. The number of carbonyl (C=O) groups excluding carboxylic acids is 1. The summed E-state index contributed by atoms with van der Waals surface area (Å²) in [5, 5.41) is 7.60. The van der Waals surface area contributed by atoms with Gasteiger partial charge in [-0.15, -0.1) is 0 Å². The van der Waals surface area contributed by atoms with Crippen molar-refractivity contribution in [3.63, 3.8) is 0 Å². The molecule has 0 aliphatic carbocycles. The molecule has 1 aliphatic heterocycles. The first-order valence-corrected chi connectivity index (χ1v) is 9.89. The highest BCUT2D eigenvalue weighted by molar-refractivity contribution is 5.95. The number of carbonyl (C=O) groups is 1. The molecular formula is C24H25N3O3. The number of benzene rings is 2. The summed E-state index contributed by atoms with van der Waals surface area (Å²) in [6.07, 6.45) is 3.82. The predicted octanol–water partition coefficient (Wildman–Crippen LogP) is 4.54. The Balaban J connectivity index is 1.83. The molecule has 30 heavy (non-hydrogen) atoms. The van der Waals surface area contributed by atoms with Crippen LogP contribution >= 0.6 is 0 Å². The van der Waals surface area contributed by atoms with Crippen LogP contribution in [0.1, 0.15) is 34.6 Å². The van der Waals surface area contributed by atoms with Crippen LogP contribution in [0, 0.1) is 13.8 Å². The van der Waals surface area contributed by atoms with E-state index in [0.717, 1.165) is 16.8 Å². The fourth-order valence-corrected chi connectivity index (χ4v) is 3.81. The maximum atomic E-state index is 12.7. The van der Waals surface area contributed by atoms with E-state index in [1.54, 1.807) is 17.9 Å². The average Bonchev–Trinajstić information content (AvgIpc) is 3.17. The number of aromatic nitrogens is 2. The number of hydrogen-bond donors (Lipinski definition) is 1. The van der Waals surface area contributed by atoms with E-state index in [0.29, 0.717) is 30.3 Å². The minimum Gasteiger partial charge on any atom is -0.493 e. The number of para-hydroxylation sites is 1. The number of nitrogens with zero attached hydrogens (tertiary/aromatic N) is 2. The monoisotopic (exact) mass is 403 g/mol. The normalized spacial score (nSPS) is 15.3. The van der Waals surface area contributed by atoms with Crippen molar-refractivity contribution in [2.75, 3.05) is 19.0 Å². The van der Waals surface area contributed by atoms with Crippen molar-refractivity contribution < 1.29 is 14.3 Å². The molecule has 0 saturated heterocycles. The third kappa shape index (κ3) is 3.45. The van der Waals surface area contributed by atoms with E-state index in [4.69, 9.17) is 9.47 Å². The van der Waals surface area contributed by atoms with Crippen molar-refractivity contribution in [1.29, 1.82) is 0 Å². The Morgan fingerprint density at radius 3 is 2.80 bits per heavy atom. The Morgan fingerprint density at radius 2 is 2.07 bits per heavy atom. The standard InChI is InChI=1S/C24H25N3O3/c1-5-11-30-23-18(7-6-8-21(23)29-4)19-13-22(28)26-24-20(19)14-25-27(24)17-10-9-15(2)16(3)12-17/h5-10,12,14,19H,1,11,13H2,2-4H3,(H,26,28). The van der Waals surface area contributed by atoms with Gasteiger partial charge in [0.2, 0.25) is 5.91 Å². The zero-order valence-corrected chi connectivity index (χ0v) is 17.4. The fraction of sp³-hybridized carbons (Fsp3) is 0.250. The van der Waals surface area contributed by atoms with E-state index in [-0.39, 0.29) is 11.8 Å². The molecule has 0 fully saturated rings. The molecule has 0 bridgehead atoms. The second-order valence-electron chi connectivity index (χ2n) is 7.41. The summed E-state index contributed by atoms with van der Waals surface area (Å²) in [6.45, 7) is 8.21. The Bertz CT molecular complexity index is 1120. The molecule has 2 aromatic carbocycles. The largest absolute Gasteiger partial charge is 0.493 e. The van der Waals surface area contributed by atoms with Crippen molar-refractivity contribution in [1.82, 2.24) is 9.78 Å². The maximum absolute atomic E-state index is 12.7. The first-order chi connectivity index (χ1) is 14.5. The number of hydrogen-bond acceptors (Lipinski definition) is 4. The van der Waals surface area contributed by atoms with E-state index >= 15 is 0 Å². The molecule has 1 atom stereocenters. The Hall–Kier alpha value is -3.54. The summed E-state index contributed by atoms with van der Waals surface area (Å²) in [6, 6.07) is 11.9. The van der Waals surface area contributed by atoms with Gasteiger partial charge in [0.1, 0.15) is 12.4 Å². The summed E-state index contributed by atoms with van der Waals surface area (Å²) in [4.78, 5) is 12.7. The van der Waals surface area contributed by atoms with Crippen LogP contribution < -0.4 is 14.8 Å². The van der Waals surface area contributed by atoms with Crippen molar-refractivity contribution in [3.05, 3.63) is 77.5 Å². The van der Waals surface area contributed by atoms with Gasteiger partial charge in [-0.2, -0.15) is 5.10 Å². The zero-order chi connectivity index (χ0) is 21.3. The number of aryl methyl sites for hydroxylation is 2. The lowest BCUT2D eigenvalue weighted by atomic mass is 9.86. The van der Waals surface area contributed by atoms with Gasteiger partial charge in [0.05, 0.1) is 19.0 Å². The quantitative estimate of drug-likeness (QED) is 0.614. The molecule has 2 heterocycles. The predicted molar refractivity (Wildman–Crippen MR) is 117 cm³/mol. The molecule has 0 radical (unpaired) electrons. The maximum Gasteiger partial charge on any atom is 0.226 e. The third-order valence-corrected chi connectivity index (χ3v) is 5.51. The van der Waals surface area contributed by atoms with Gasteiger partial charge in [0, 0.05) is 23.5 Å². The number of methoxy groups -OCH3 is 1. The molecule has 6 nitrogen and oxygen atoms in total. The van der Waals surface area contributed by atoms with Crippen LogP contribution in [0.3, 0.4) is 0 Å². The van der Waals surface area contributed by atoms with E-state index < -0.39 is 0 Å². The Morgan fingerprint density at radius 1 is 1.23 bits per heavy atom. The highest BCUT2D eigenvalue weighted by atomic mass is 16.5. The van der Waals surface area contributed by atoms with Crippen molar-refractivity contribution in [2.45, 2.75) is 26.2 Å². The summed E-state index contributed by atoms with van der Waals surface area (Å²) >= 11 is 0. The van der Waals surface area contributed by atoms with Gasteiger partial charge in [-0.25, -0.2) is 4.68 Å². The van der Waals surface area contributed by atoms with E-state index in [1.807, 2.05) is 30.5 Å². The minimum atomic E-state index is -0.191. The van der Waals surface area contributed by atoms with Gasteiger partial charge in [0.15, 0.2) is 11.5 Å². The zero-order valence-electron chi connectivity index (χ0n) is 17.4. The van der Waals surface area contributed by atoms with Gasteiger partial charge < -0.3 is 14.8 Å². The molecule has 1 amide bonds. The fourth-order valence-electron chi connectivity index (χ4n) is 3.81. The van der Waals surface area contributed by atoms with Crippen molar-refractivity contribution in [2.24, 2.45) is 0 Å². The Kier molecular flexibility index (Phi) is 5.31. The second-order valence-corrected chi connectivity index (χ2v) is 7.41. The van der Waals surface area contributed by atoms with Crippen LogP contribution in [0.4, 0.5) is 5.82 Å². The van der Waals surface area contributed by atoms with Crippen LogP contribution in [0.2, 0.25) is 0 Å². The molecule has 1 unspecified atom stereocenters. The third-order valence-electron chi connectivity index (χ3n) is 5.51. The molecule has 0 spiro atoms. The molecular weight excluding hydrogens is 378 g/mol. The topological polar surface area (TPSA) is 65.4 Å². The lowest BCUT2D eigenvalue weighted by molar-refractivity contribution is -0.116. The molecule has 154 valence electrons. The highest BCUT2D eigenvalue weighted by Crippen LogP contribution is 2.44. The highest BCUT2D eigenvalue weighted by Gasteiger charge is 2.33. The molecule has 0 saturated carbocycles. The number of nitrogens with one attached hydrogen (secondary N) is 1. The van der Waals surface area contributed by atoms with Crippen molar-refractivity contribution in [3.8, 4) is 17.2 Å². The molecule has 1 aliphatic rings. The first-order valence-electron chi connectivity index (χ1n) is 9.89. The molecule has 3 aromatic rings. The minimum absolute atomic E-state index is 0.0597. The molecule has 1 N–H and O–H groups in total. The number of amides is 1. The number of ether oxygens (including phenoxy) is 2. The summed E-state index contributed by atoms with van der Waals surface area (Å²) in [7, 11) is 1.61. The second kappa shape index (κ2) is 8.06. The van der Waals surface area contributed by atoms with Crippen LogP contribution in [0.5, 0.6) is 11.5 Å². The van der Waals surface area contributed by atoms with Gasteiger partial charge in [-0.3, -0.25) is 4.79 Å². The SMILES string of the molecule is C=CCOc1c(OC)cccc1C1CC(=O)Nc2c1cnn2-c1ccc(C)c(C)c1. The summed E-state index contributed by atoms with van der Waals surface area (Å²) in [5.74, 6) is 1.70. The summed E-state index contributed by atoms with van der Waals surface area (Å²) in [5.41, 5.74) is 5.14. The van der Waals surface area contributed by atoms with Gasteiger partial charge in [-0.05, 0) is 43.2 Å². The van der Waals surface area contributed by atoms with E-state index in [2.05, 4.69) is 43.0 Å². The molecule has 1 aromatic heterocycles. The lowest BCUT2D eigenvalue weighted by Crippen LogP contribution is -2.25. The molecule has 4 rings (SSSR count). The van der Waals surface area contributed by atoms with Gasteiger partial charge >= 0.3 is 0 Å². The van der Waals surface area contributed by atoms with Crippen LogP contribution in [0.25, 0.3) is 5.69 Å². The number of rotatable bonds is 6.